The average Bonchev–Trinajstić information content (AvgIpc) is 2.35. The Bertz CT molecular complexity index is 354. The number of nitrogens with one attached hydrogen (secondary N) is 1. The molecule has 0 unspecified atom stereocenters. The predicted octanol–water partition coefficient (Wildman–Crippen LogP) is 1.05. The molecule has 0 radical (unpaired) electrons. The summed E-state index contributed by atoms with van der Waals surface area (Å²) in [5.41, 5.74) is 2.02. The van der Waals surface area contributed by atoms with Gasteiger partial charge < -0.3 is 19.9 Å². The Morgan fingerprint density at radius 2 is 2.18 bits per heavy atom. The summed E-state index contributed by atoms with van der Waals surface area (Å²) in [7, 11) is 1.64. The van der Waals surface area contributed by atoms with Crippen LogP contribution in [-0.2, 0) is 22.6 Å². The van der Waals surface area contributed by atoms with E-state index in [1.807, 2.05) is 24.3 Å². The first-order valence-corrected chi connectivity index (χ1v) is 5.34. The van der Waals surface area contributed by atoms with E-state index in [1.165, 1.54) is 0 Å². The van der Waals surface area contributed by atoms with E-state index in [-0.39, 0.29) is 13.2 Å². The first kappa shape index (κ1) is 13.5. The van der Waals surface area contributed by atoms with Gasteiger partial charge in [0.2, 0.25) is 0 Å². The summed E-state index contributed by atoms with van der Waals surface area (Å²) in [6.07, 6.45) is -0.531. The lowest BCUT2D eigenvalue weighted by atomic mass is 10.1. The lowest BCUT2D eigenvalue weighted by molar-refractivity contribution is 0.119. The number of amides is 1. The third-order valence-electron chi connectivity index (χ3n) is 2.06. The van der Waals surface area contributed by atoms with Crippen molar-refractivity contribution in [2.75, 3.05) is 20.3 Å². The van der Waals surface area contributed by atoms with Crippen LogP contribution in [-0.4, -0.2) is 31.5 Å². The minimum atomic E-state index is -0.531. The first-order chi connectivity index (χ1) is 8.26. The van der Waals surface area contributed by atoms with Crippen molar-refractivity contribution >= 4 is 6.09 Å². The van der Waals surface area contributed by atoms with Crippen molar-refractivity contribution in [1.29, 1.82) is 0 Å². The second-order valence-electron chi connectivity index (χ2n) is 3.47. The van der Waals surface area contributed by atoms with Crippen molar-refractivity contribution < 1.29 is 19.4 Å². The van der Waals surface area contributed by atoms with Gasteiger partial charge in [-0.2, -0.15) is 0 Å². The standard InChI is InChI=1S/C12H17NO4/c1-16-9-11-4-2-3-10(7-11)8-13-12(15)17-6-5-14/h2-4,7,14H,5-6,8-9H2,1H3,(H,13,15). The molecule has 17 heavy (non-hydrogen) atoms. The van der Waals surface area contributed by atoms with E-state index >= 15 is 0 Å². The Labute approximate surface area is 100 Å². The highest BCUT2D eigenvalue weighted by atomic mass is 16.6. The predicted molar refractivity (Wildman–Crippen MR) is 62.4 cm³/mol. The third-order valence-corrected chi connectivity index (χ3v) is 2.06. The highest BCUT2D eigenvalue weighted by Gasteiger charge is 2.01. The van der Waals surface area contributed by atoms with Crippen LogP contribution in [0.4, 0.5) is 4.79 Å². The number of hydrogen-bond acceptors (Lipinski definition) is 4. The maximum Gasteiger partial charge on any atom is 0.407 e. The minimum Gasteiger partial charge on any atom is -0.447 e. The van der Waals surface area contributed by atoms with Crippen LogP contribution in [0.5, 0.6) is 0 Å². The average molecular weight is 239 g/mol. The molecule has 1 aromatic carbocycles. The van der Waals surface area contributed by atoms with Gasteiger partial charge in [0.05, 0.1) is 13.2 Å². The lowest BCUT2D eigenvalue weighted by Gasteiger charge is -2.07. The first-order valence-electron chi connectivity index (χ1n) is 5.34. The van der Waals surface area contributed by atoms with Crippen molar-refractivity contribution in [1.82, 2.24) is 5.32 Å². The van der Waals surface area contributed by atoms with Gasteiger partial charge in [-0.25, -0.2) is 4.79 Å². The van der Waals surface area contributed by atoms with Gasteiger partial charge in [-0.05, 0) is 11.1 Å². The third kappa shape index (κ3) is 5.33. The molecular weight excluding hydrogens is 222 g/mol. The molecule has 0 aromatic heterocycles. The van der Waals surface area contributed by atoms with Gasteiger partial charge in [-0.3, -0.25) is 0 Å². The number of hydrogen-bond donors (Lipinski definition) is 2. The molecule has 5 heteroatoms. The normalized spacial score (nSPS) is 10.0. The van der Waals surface area contributed by atoms with Gasteiger partial charge in [0, 0.05) is 13.7 Å². The molecule has 0 atom stereocenters. The molecule has 1 rings (SSSR count). The Hall–Kier alpha value is -1.59. The van der Waals surface area contributed by atoms with Gasteiger partial charge in [0.1, 0.15) is 6.61 Å². The van der Waals surface area contributed by atoms with Gasteiger partial charge >= 0.3 is 6.09 Å². The van der Waals surface area contributed by atoms with Crippen LogP contribution in [0.1, 0.15) is 11.1 Å². The van der Waals surface area contributed by atoms with E-state index in [2.05, 4.69) is 10.1 Å². The second-order valence-corrected chi connectivity index (χ2v) is 3.47. The SMILES string of the molecule is COCc1cccc(CNC(=O)OCCO)c1. The van der Waals surface area contributed by atoms with Crippen LogP contribution < -0.4 is 5.32 Å². The summed E-state index contributed by atoms with van der Waals surface area (Å²) in [5, 5.41) is 11.1. The van der Waals surface area contributed by atoms with Crippen LogP contribution in [0.3, 0.4) is 0 Å². The number of aliphatic hydroxyl groups is 1. The quantitative estimate of drug-likeness (QED) is 0.778. The van der Waals surface area contributed by atoms with Crippen LogP contribution in [0.25, 0.3) is 0 Å². The minimum absolute atomic E-state index is 0.00947. The fourth-order valence-corrected chi connectivity index (χ4v) is 1.36. The zero-order chi connectivity index (χ0) is 12.5. The zero-order valence-corrected chi connectivity index (χ0v) is 9.81. The largest absolute Gasteiger partial charge is 0.447 e. The number of rotatable bonds is 6. The van der Waals surface area contributed by atoms with Crippen molar-refractivity contribution in [3.8, 4) is 0 Å². The summed E-state index contributed by atoms with van der Waals surface area (Å²) in [5.74, 6) is 0. The Morgan fingerprint density at radius 3 is 2.88 bits per heavy atom. The molecule has 0 aliphatic heterocycles. The molecule has 0 aliphatic carbocycles. The van der Waals surface area contributed by atoms with Crippen molar-refractivity contribution in [3.05, 3.63) is 35.4 Å². The number of carbonyl (C=O) groups excluding carboxylic acids is 1. The topological polar surface area (TPSA) is 67.8 Å². The molecule has 0 bridgehead atoms. The number of aliphatic hydroxyl groups excluding tert-OH is 1. The Morgan fingerprint density at radius 1 is 1.41 bits per heavy atom. The highest BCUT2D eigenvalue weighted by molar-refractivity contribution is 5.67. The van der Waals surface area contributed by atoms with E-state index in [9.17, 15) is 4.79 Å². The molecule has 5 nitrogen and oxygen atoms in total. The molecule has 0 saturated carbocycles. The van der Waals surface area contributed by atoms with E-state index in [1.54, 1.807) is 7.11 Å². The summed E-state index contributed by atoms with van der Waals surface area (Å²) in [6, 6.07) is 7.73. The molecule has 0 aliphatic rings. The smallest absolute Gasteiger partial charge is 0.407 e. The maximum atomic E-state index is 11.1. The molecule has 0 spiro atoms. The van der Waals surface area contributed by atoms with Crippen LogP contribution >= 0.6 is 0 Å². The van der Waals surface area contributed by atoms with E-state index in [4.69, 9.17) is 9.84 Å². The second kappa shape index (κ2) is 7.65. The molecule has 1 aromatic rings. The Balaban J connectivity index is 2.40. The number of carbonyl (C=O) groups is 1. The zero-order valence-electron chi connectivity index (χ0n) is 9.81. The van der Waals surface area contributed by atoms with E-state index < -0.39 is 6.09 Å². The van der Waals surface area contributed by atoms with E-state index in [0.717, 1.165) is 11.1 Å². The molecule has 0 saturated heterocycles. The molecule has 0 fully saturated rings. The fourth-order valence-electron chi connectivity index (χ4n) is 1.36. The molecule has 94 valence electrons. The maximum absolute atomic E-state index is 11.1. The highest BCUT2D eigenvalue weighted by Crippen LogP contribution is 2.06. The van der Waals surface area contributed by atoms with E-state index in [0.29, 0.717) is 13.2 Å². The fraction of sp³-hybridized carbons (Fsp3) is 0.417. The van der Waals surface area contributed by atoms with Crippen molar-refractivity contribution in [2.45, 2.75) is 13.2 Å². The summed E-state index contributed by atoms with van der Waals surface area (Å²) >= 11 is 0. The number of ether oxygens (including phenoxy) is 2. The molecule has 1 amide bonds. The molecule has 0 heterocycles. The van der Waals surface area contributed by atoms with Gasteiger partial charge in [-0.1, -0.05) is 24.3 Å². The van der Waals surface area contributed by atoms with Gasteiger partial charge in [0.25, 0.3) is 0 Å². The van der Waals surface area contributed by atoms with Crippen LogP contribution in [0.15, 0.2) is 24.3 Å². The van der Waals surface area contributed by atoms with Crippen molar-refractivity contribution in [3.63, 3.8) is 0 Å². The Kier molecular flexibility index (Phi) is 6.06. The monoisotopic (exact) mass is 239 g/mol. The van der Waals surface area contributed by atoms with Crippen LogP contribution in [0, 0.1) is 0 Å². The molecular formula is C12H17NO4. The van der Waals surface area contributed by atoms with Crippen LogP contribution in [0.2, 0.25) is 0 Å². The van der Waals surface area contributed by atoms with Gasteiger partial charge in [0.15, 0.2) is 0 Å². The number of methoxy groups -OCH3 is 1. The summed E-state index contributed by atoms with van der Waals surface area (Å²) in [6.45, 7) is 0.775. The lowest BCUT2D eigenvalue weighted by Crippen LogP contribution is -2.24. The van der Waals surface area contributed by atoms with Crippen molar-refractivity contribution in [2.24, 2.45) is 0 Å². The summed E-state index contributed by atoms with van der Waals surface area (Å²) < 4.78 is 9.69. The number of alkyl carbamates (subject to hydrolysis) is 1. The van der Waals surface area contributed by atoms with Gasteiger partial charge in [-0.15, -0.1) is 0 Å². The molecule has 2 N–H and O–H groups in total. The summed E-state index contributed by atoms with van der Waals surface area (Å²) in [4.78, 5) is 11.1. The number of benzene rings is 1.